The van der Waals surface area contributed by atoms with Crippen LogP contribution >= 0.6 is 0 Å². The van der Waals surface area contributed by atoms with Crippen molar-refractivity contribution >= 4 is 22.9 Å². The Balaban J connectivity index is 2.06. The zero-order chi connectivity index (χ0) is 15.7. The minimum atomic E-state index is -0.374. The van der Waals surface area contributed by atoms with Crippen LogP contribution in [0.15, 0.2) is 24.4 Å². The van der Waals surface area contributed by atoms with Gasteiger partial charge >= 0.3 is 5.97 Å². The smallest absolute Gasteiger partial charge is 0.330 e. The molecule has 2 aromatic rings. The Labute approximate surface area is 129 Å². The van der Waals surface area contributed by atoms with Gasteiger partial charge in [0.2, 0.25) is 0 Å². The maximum Gasteiger partial charge on any atom is 0.330 e. The van der Waals surface area contributed by atoms with E-state index in [0.717, 1.165) is 28.6 Å². The van der Waals surface area contributed by atoms with E-state index >= 15 is 0 Å². The number of esters is 1. The molecule has 0 radical (unpaired) electrons. The molecule has 5 nitrogen and oxygen atoms in total. The van der Waals surface area contributed by atoms with E-state index in [9.17, 15) is 4.79 Å². The van der Waals surface area contributed by atoms with Crippen LogP contribution in [0.2, 0.25) is 0 Å². The summed E-state index contributed by atoms with van der Waals surface area (Å²) < 4.78 is 10.7. The number of H-pyrrole nitrogens is 1. The predicted molar refractivity (Wildman–Crippen MR) is 86.0 cm³/mol. The highest BCUT2D eigenvalue weighted by Crippen LogP contribution is 2.36. The lowest BCUT2D eigenvalue weighted by Crippen LogP contribution is -2.34. The Hall–Kier alpha value is -2.27. The largest absolute Gasteiger partial charge is 0.491 e. The Bertz CT molecular complexity index is 731. The molecular formula is C17H20N2O3. The molecule has 1 aromatic carbocycles. The van der Waals surface area contributed by atoms with Crippen LogP contribution in [0.4, 0.5) is 0 Å². The first kappa shape index (κ1) is 14.7. The number of hydrogen-bond acceptors (Lipinski definition) is 4. The van der Waals surface area contributed by atoms with Crippen LogP contribution in [-0.2, 0) is 16.0 Å². The number of benzene rings is 1. The molecule has 116 valence electrons. The Kier molecular flexibility index (Phi) is 3.90. The van der Waals surface area contributed by atoms with Gasteiger partial charge in [0.1, 0.15) is 12.4 Å². The van der Waals surface area contributed by atoms with Gasteiger partial charge in [0.05, 0.1) is 7.11 Å². The Morgan fingerprint density at radius 2 is 2.27 bits per heavy atom. The fraction of sp³-hybridized carbons (Fsp3) is 0.353. The molecule has 0 bridgehead atoms. The third-order valence-corrected chi connectivity index (χ3v) is 4.12. The SMILES string of the molecule is COC(=O)/C=C/c1ccc2[nH]cc3c2c1OCC(N(C)C)C3. The summed E-state index contributed by atoms with van der Waals surface area (Å²) in [6.45, 7) is 0.625. The van der Waals surface area contributed by atoms with Gasteiger partial charge in [0.25, 0.3) is 0 Å². The van der Waals surface area contributed by atoms with Gasteiger partial charge in [-0.05, 0) is 44.3 Å². The molecule has 3 rings (SSSR count). The summed E-state index contributed by atoms with van der Waals surface area (Å²) >= 11 is 0. The summed E-state index contributed by atoms with van der Waals surface area (Å²) in [5.74, 6) is 0.458. The van der Waals surface area contributed by atoms with Crippen LogP contribution in [0.25, 0.3) is 17.0 Å². The Morgan fingerprint density at radius 1 is 1.45 bits per heavy atom. The van der Waals surface area contributed by atoms with Gasteiger partial charge in [-0.3, -0.25) is 0 Å². The van der Waals surface area contributed by atoms with Gasteiger partial charge in [-0.2, -0.15) is 0 Å². The number of rotatable bonds is 3. The van der Waals surface area contributed by atoms with Gasteiger partial charge in [-0.1, -0.05) is 0 Å². The highest BCUT2D eigenvalue weighted by molar-refractivity contribution is 5.95. The van der Waals surface area contributed by atoms with Crippen LogP contribution in [-0.4, -0.2) is 49.7 Å². The number of ether oxygens (including phenoxy) is 2. The summed E-state index contributed by atoms with van der Waals surface area (Å²) in [7, 11) is 5.49. The first-order valence-electron chi connectivity index (χ1n) is 7.28. The molecule has 22 heavy (non-hydrogen) atoms. The standard InChI is InChI=1S/C17H20N2O3/c1-19(2)13-8-12-9-18-14-6-4-11(5-7-15(20)21-3)17(16(12)14)22-10-13/h4-7,9,13,18H,8,10H2,1-3H3/b7-5+. The molecule has 0 saturated heterocycles. The molecule has 0 aliphatic carbocycles. The quantitative estimate of drug-likeness (QED) is 0.697. The fourth-order valence-electron chi connectivity index (χ4n) is 2.77. The summed E-state index contributed by atoms with van der Waals surface area (Å²) in [4.78, 5) is 16.8. The molecule has 1 aromatic heterocycles. The minimum Gasteiger partial charge on any atom is -0.491 e. The summed E-state index contributed by atoms with van der Waals surface area (Å²) in [6.07, 6.45) is 6.15. The number of nitrogens with one attached hydrogen (secondary N) is 1. The van der Waals surface area contributed by atoms with Gasteiger partial charge in [0.15, 0.2) is 0 Å². The normalized spacial score (nSPS) is 17.7. The number of likely N-dealkylation sites (N-methyl/N-ethyl adjacent to an activating group) is 1. The maximum atomic E-state index is 11.3. The van der Waals surface area contributed by atoms with Crippen molar-refractivity contribution in [3.8, 4) is 5.75 Å². The molecule has 1 aliphatic heterocycles. The number of methoxy groups -OCH3 is 1. The predicted octanol–water partition coefficient (Wildman–Crippen LogP) is 2.22. The van der Waals surface area contributed by atoms with Crippen molar-refractivity contribution in [3.05, 3.63) is 35.5 Å². The van der Waals surface area contributed by atoms with E-state index in [1.807, 2.05) is 18.3 Å². The van der Waals surface area contributed by atoms with E-state index in [1.165, 1.54) is 18.7 Å². The average Bonchev–Trinajstić information content (AvgIpc) is 2.81. The molecule has 0 amide bonds. The number of aromatic nitrogens is 1. The van der Waals surface area contributed by atoms with Crippen molar-refractivity contribution in [2.45, 2.75) is 12.5 Å². The van der Waals surface area contributed by atoms with Crippen LogP contribution in [0.5, 0.6) is 5.75 Å². The van der Waals surface area contributed by atoms with Crippen molar-refractivity contribution in [2.24, 2.45) is 0 Å². The van der Waals surface area contributed by atoms with E-state index in [0.29, 0.717) is 12.6 Å². The zero-order valence-electron chi connectivity index (χ0n) is 13.1. The molecule has 0 saturated carbocycles. The second-order valence-electron chi connectivity index (χ2n) is 5.71. The second-order valence-corrected chi connectivity index (χ2v) is 5.71. The van der Waals surface area contributed by atoms with Gasteiger partial charge in [-0.25, -0.2) is 4.79 Å². The second kappa shape index (κ2) is 5.85. The van der Waals surface area contributed by atoms with Crippen LogP contribution in [0.1, 0.15) is 11.1 Å². The highest BCUT2D eigenvalue weighted by Gasteiger charge is 2.23. The van der Waals surface area contributed by atoms with Crippen molar-refractivity contribution in [1.29, 1.82) is 0 Å². The summed E-state index contributed by atoms with van der Waals surface area (Å²) in [5.41, 5.74) is 3.19. The van der Waals surface area contributed by atoms with E-state index in [2.05, 4.69) is 28.7 Å². The van der Waals surface area contributed by atoms with Crippen molar-refractivity contribution < 1.29 is 14.3 Å². The van der Waals surface area contributed by atoms with Gasteiger partial charge < -0.3 is 19.4 Å². The topological polar surface area (TPSA) is 54.6 Å². The number of carbonyl (C=O) groups is 1. The van der Waals surface area contributed by atoms with E-state index < -0.39 is 0 Å². The molecule has 1 atom stereocenters. The van der Waals surface area contributed by atoms with Gasteiger partial charge in [-0.15, -0.1) is 0 Å². The lowest BCUT2D eigenvalue weighted by molar-refractivity contribution is -0.134. The lowest BCUT2D eigenvalue weighted by atomic mass is 10.0. The number of aromatic amines is 1. The highest BCUT2D eigenvalue weighted by atomic mass is 16.5. The molecule has 2 heterocycles. The van der Waals surface area contributed by atoms with Crippen molar-refractivity contribution in [3.63, 3.8) is 0 Å². The zero-order valence-corrected chi connectivity index (χ0v) is 13.1. The molecule has 1 N–H and O–H groups in total. The van der Waals surface area contributed by atoms with Crippen molar-refractivity contribution in [2.75, 3.05) is 27.8 Å². The molecule has 1 unspecified atom stereocenters. The van der Waals surface area contributed by atoms with Crippen LogP contribution in [0, 0.1) is 0 Å². The summed E-state index contributed by atoms with van der Waals surface area (Å²) in [5, 5.41) is 1.11. The third kappa shape index (κ3) is 2.60. The molecule has 0 fully saturated rings. The molecule has 0 spiro atoms. The minimum absolute atomic E-state index is 0.323. The van der Waals surface area contributed by atoms with E-state index in [4.69, 9.17) is 4.74 Å². The third-order valence-electron chi connectivity index (χ3n) is 4.12. The Morgan fingerprint density at radius 3 is 3.00 bits per heavy atom. The number of hydrogen-bond donors (Lipinski definition) is 1. The van der Waals surface area contributed by atoms with E-state index in [-0.39, 0.29) is 5.97 Å². The van der Waals surface area contributed by atoms with Crippen LogP contribution in [0.3, 0.4) is 0 Å². The van der Waals surface area contributed by atoms with E-state index in [1.54, 1.807) is 6.08 Å². The lowest BCUT2D eigenvalue weighted by Gasteiger charge is -2.22. The first-order valence-corrected chi connectivity index (χ1v) is 7.28. The van der Waals surface area contributed by atoms with Crippen LogP contribution < -0.4 is 4.74 Å². The number of carbonyl (C=O) groups excluding carboxylic acids is 1. The molecular weight excluding hydrogens is 280 g/mol. The molecule has 1 aliphatic rings. The molecule has 5 heteroatoms. The maximum absolute atomic E-state index is 11.3. The van der Waals surface area contributed by atoms with Gasteiger partial charge in [0, 0.05) is 34.8 Å². The van der Waals surface area contributed by atoms with Crippen molar-refractivity contribution in [1.82, 2.24) is 9.88 Å². The monoisotopic (exact) mass is 300 g/mol. The number of nitrogens with zero attached hydrogens (tertiary/aromatic N) is 1. The average molecular weight is 300 g/mol. The summed E-state index contributed by atoms with van der Waals surface area (Å²) in [6, 6.07) is 4.29. The fourth-order valence-corrected chi connectivity index (χ4v) is 2.77. The first-order chi connectivity index (χ1) is 10.6.